The number of rotatable bonds is 4. The Kier molecular flexibility index (Phi) is 5.28. The number of aromatic nitrogens is 5. The highest BCUT2D eigenvalue weighted by atomic mass is 32.2. The second kappa shape index (κ2) is 8.37. The smallest absolute Gasteiger partial charge is 0.219 e. The topological polar surface area (TPSA) is 94.3 Å². The van der Waals surface area contributed by atoms with Crippen LogP contribution >= 0.6 is 11.8 Å². The minimum Gasteiger partial charge on any atom is -0.396 e. The third kappa shape index (κ3) is 3.76. The Morgan fingerprint density at radius 3 is 2.69 bits per heavy atom. The number of nitrogen functional groups attached to an aromatic ring is 1. The SMILES string of the molecule is CC(=O)N1C[C@H]2CC(n3ncc(-c4cc(Sc5ncccc5F)c5c(N)cnn5c4)c3C)C[C@H]2C1. The van der Waals surface area contributed by atoms with Crippen molar-refractivity contribution >= 4 is 28.9 Å². The molecule has 1 amide bonds. The molecule has 2 fully saturated rings. The average Bonchev–Trinajstić information content (AvgIpc) is 3.58. The molecule has 4 aromatic rings. The highest BCUT2D eigenvalue weighted by Crippen LogP contribution is 2.45. The van der Waals surface area contributed by atoms with Gasteiger partial charge < -0.3 is 10.6 Å². The number of carbonyl (C=O) groups is 1. The van der Waals surface area contributed by atoms with Crippen molar-refractivity contribution in [3.05, 3.63) is 54.5 Å². The fraction of sp³-hybridized carbons (Fsp3) is 0.360. The fourth-order valence-corrected chi connectivity index (χ4v) is 6.66. The van der Waals surface area contributed by atoms with E-state index in [4.69, 9.17) is 10.8 Å². The number of nitrogens with two attached hydrogens (primary N) is 1. The van der Waals surface area contributed by atoms with Gasteiger partial charge in [0.1, 0.15) is 10.5 Å². The van der Waals surface area contributed by atoms with Gasteiger partial charge >= 0.3 is 0 Å². The van der Waals surface area contributed by atoms with Crippen molar-refractivity contribution in [2.24, 2.45) is 11.8 Å². The maximum atomic E-state index is 14.4. The van der Waals surface area contributed by atoms with E-state index in [-0.39, 0.29) is 16.8 Å². The number of carbonyl (C=O) groups excluding carboxylic acids is 1. The number of likely N-dealkylation sites (tertiary alicyclic amines) is 1. The summed E-state index contributed by atoms with van der Waals surface area (Å²) in [5.41, 5.74) is 10.5. The highest BCUT2D eigenvalue weighted by Gasteiger charge is 2.42. The zero-order valence-corrected chi connectivity index (χ0v) is 20.4. The third-order valence-corrected chi connectivity index (χ3v) is 8.43. The van der Waals surface area contributed by atoms with Crippen LogP contribution in [-0.4, -0.2) is 48.3 Å². The molecular weight excluding hydrogens is 465 g/mol. The minimum absolute atomic E-state index is 0.169. The van der Waals surface area contributed by atoms with E-state index in [1.54, 1.807) is 29.9 Å². The van der Waals surface area contributed by atoms with Crippen molar-refractivity contribution in [1.29, 1.82) is 0 Å². The van der Waals surface area contributed by atoms with E-state index in [0.29, 0.717) is 23.6 Å². The van der Waals surface area contributed by atoms with Crippen molar-refractivity contribution < 1.29 is 9.18 Å². The molecule has 2 N–H and O–H groups in total. The van der Waals surface area contributed by atoms with Gasteiger partial charge in [0.05, 0.1) is 24.1 Å². The molecule has 1 saturated heterocycles. The average molecular weight is 492 g/mol. The molecule has 35 heavy (non-hydrogen) atoms. The standard InChI is InChI=1S/C25H26FN7OS/c1-14-20(9-30-33(14)19-6-16-11-31(15(2)34)12-17(16)7-19)18-8-23(24-22(27)10-29-32(24)13-18)35-25-21(26)4-3-5-28-25/h3-5,8-10,13,16-17,19H,6-7,11-12,27H2,1-2H3/t16-,17+,19?. The van der Waals surface area contributed by atoms with Crippen molar-refractivity contribution in [2.45, 2.75) is 42.7 Å². The summed E-state index contributed by atoms with van der Waals surface area (Å²) >= 11 is 1.24. The predicted molar refractivity (Wildman–Crippen MR) is 131 cm³/mol. The Balaban J connectivity index is 1.33. The number of amides is 1. The summed E-state index contributed by atoms with van der Waals surface area (Å²) in [5.74, 6) is 0.868. The molecule has 5 heterocycles. The molecule has 2 aliphatic rings. The fourth-order valence-electron chi connectivity index (χ4n) is 5.68. The summed E-state index contributed by atoms with van der Waals surface area (Å²) in [6, 6.07) is 5.31. The number of pyridine rings is 2. The number of halogens is 1. The molecule has 0 radical (unpaired) electrons. The summed E-state index contributed by atoms with van der Waals surface area (Å²) in [4.78, 5) is 18.7. The molecule has 3 atom stereocenters. The molecule has 10 heteroatoms. The Bertz CT molecular complexity index is 1430. The number of hydrogen-bond acceptors (Lipinski definition) is 6. The maximum absolute atomic E-state index is 14.4. The maximum Gasteiger partial charge on any atom is 0.219 e. The normalized spacial score (nSPS) is 21.7. The van der Waals surface area contributed by atoms with Crippen LogP contribution in [0.25, 0.3) is 16.6 Å². The van der Waals surface area contributed by atoms with Crippen molar-refractivity contribution in [2.75, 3.05) is 18.8 Å². The van der Waals surface area contributed by atoms with Gasteiger partial charge in [0, 0.05) is 54.1 Å². The lowest BCUT2D eigenvalue weighted by molar-refractivity contribution is -0.128. The first-order valence-electron chi connectivity index (χ1n) is 11.7. The monoisotopic (exact) mass is 491 g/mol. The Labute approximate surface area is 206 Å². The molecule has 0 bridgehead atoms. The Morgan fingerprint density at radius 2 is 1.97 bits per heavy atom. The number of hydrogen-bond donors (Lipinski definition) is 1. The minimum atomic E-state index is -0.377. The quantitative estimate of drug-likeness (QED) is 0.460. The van der Waals surface area contributed by atoms with Crippen LogP contribution in [-0.2, 0) is 4.79 Å². The summed E-state index contributed by atoms with van der Waals surface area (Å²) < 4.78 is 18.2. The molecule has 1 saturated carbocycles. The van der Waals surface area contributed by atoms with Gasteiger partial charge in [-0.1, -0.05) is 11.8 Å². The van der Waals surface area contributed by atoms with Gasteiger partial charge in [0.15, 0.2) is 5.82 Å². The van der Waals surface area contributed by atoms with Crippen molar-refractivity contribution in [3.63, 3.8) is 0 Å². The molecule has 4 aromatic heterocycles. The van der Waals surface area contributed by atoms with Gasteiger partial charge in [-0.3, -0.25) is 9.48 Å². The van der Waals surface area contributed by atoms with Gasteiger partial charge in [-0.2, -0.15) is 10.2 Å². The van der Waals surface area contributed by atoms with E-state index in [1.807, 2.05) is 23.4 Å². The molecule has 1 aliphatic carbocycles. The summed E-state index contributed by atoms with van der Waals surface area (Å²) in [5, 5.41) is 9.47. The largest absolute Gasteiger partial charge is 0.396 e. The lowest BCUT2D eigenvalue weighted by atomic mass is 10.0. The van der Waals surface area contributed by atoms with E-state index >= 15 is 0 Å². The Morgan fingerprint density at radius 1 is 1.20 bits per heavy atom. The highest BCUT2D eigenvalue weighted by molar-refractivity contribution is 7.99. The second-order valence-corrected chi connectivity index (χ2v) is 10.6. The first kappa shape index (κ1) is 22.1. The third-order valence-electron chi connectivity index (χ3n) is 7.41. The zero-order chi connectivity index (χ0) is 24.3. The van der Waals surface area contributed by atoms with Crippen LogP contribution in [0.2, 0.25) is 0 Å². The second-order valence-electron chi connectivity index (χ2n) is 9.54. The van der Waals surface area contributed by atoms with Crippen LogP contribution < -0.4 is 5.73 Å². The van der Waals surface area contributed by atoms with Crippen LogP contribution in [0.15, 0.2) is 52.9 Å². The lowest BCUT2D eigenvalue weighted by Crippen LogP contribution is -2.27. The molecular formula is C25H26FN7OS. The van der Waals surface area contributed by atoms with E-state index in [2.05, 4.69) is 21.7 Å². The first-order valence-corrected chi connectivity index (χ1v) is 12.6. The van der Waals surface area contributed by atoms with Gasteiger partial charge in [0.2, 0.25) is 5.91 Å². The molecule has 1 unspecified atom stereocenters. The van der Waals surface area contributed by atoms with Crippen LogP contribution in [0.4, 0.5) is 10.1 Å². The van der Waals surface area contributed by atoms with Gasteiger partial charge in [0.25, 0.3) is 0 Å². The zero-order valence-electron chi connectivity index (χ0n) is 19.6. The molecule has 0 spiro atoms. The van der Waals surface area contributed by atoms with Crippen LogP contribution in [0.1, 0.15) is 31.5 Å². The molecule has 0 aromatic carbocycles. The summed E-state index contributed by atoms with van der Waals surface area (Å²) in [6.45, 7) is 5.45. The van der Waals surface area contributed by atoms with Crippen LogP contribution in [0, 0.1) is 24.6 Å². The van der Waals surface area contributed by atoms with Crippen molar-refractivity contribution in [1.82, 2.24) is 29.3 Å². The summed E-state index contributed by atoms with van der Waals surface area (Å²) in [7, 11) is 0. The lowest BCUT2D eigenvalue weighted by Gasteiger charge is -2.19. The van der Waals surface area contributed by atoms with E-state index in [0.717, 1.165) is 53.2 Å². The molecule has 180 valence electrons. The van der Waals surface area contributed by atoms with Crippen LogP contribution in [0.5, 0.6) is 0 Å². The first-order chi connectivity index (χ1) is 16.9. The molecule has 1 aliphatic heterocycles. The van der Waals surface area contributed by atoms with Crippen LogP contribution in [0.3, 0.4) is 0 Å². The van der Waals surface area contributed by atoms with Crippen molar-refractivity contribution in [3.8, 4) is 11.1 Å². The Hall–Kier alpha value is -3.40. The van der Waals surface area contributed by atoms with Gasteiger partial charge in [-0.05, 0) is 49.8 Å². The molecule has 6 rings (SSSR count). The summed E-state index contributed by atoms with van der Waals surface area (Å²) in [6.07, 6.45) is 9.08. The number of fused-ring (bicyclic) bond motifs is 2. The number of nitrogens with zero attached hydrogens (tertiary/aromatic N) is 6. The number of anilines is 1. The van der Waals surface area contributed by atoms with E-state index in [9.17, 15) is 9.18 Å². The molecule has 8 nitrogen and oxygen atoms in total. The van der Waals surface area contributed by atoms with Gasteiger partial charge in [-0.25, -0.2) is 13.9 Å². The van der Waals surface area contributed by atoms with E-state index < -0.39 is 0 Å². The van der Waals surface area contributed by atoms with Gasteiger partial charge in [-0.15, -0.1) is 0 Å². The predicted octanol–water partition coefficient (Wildman–Crippen LogP) is 4.20. The van der Waals surface area contributed by atoms with E-state index in [1.165, 1.54) is 17.8 Å².